The van der Waals surface area contributed by atoms with Crippen molar-refractivity contribution in [3.63, 3.8) is 0 Å². The van der Waals surface area contributed by atoms with Gasteiger partial charge < -0.3 is 15.5 Å². The number of nitrogens with zero attached hydrogens (tertiary/aromatic N) is 1. The number of amides is 2. The van der Waals surface area contributed by atoms with E-state index < -0.39 is 0 Å². The van der Waals surface area contributed by atoms with Crippen LogP contribution in [0.4, 0.5) is 10.5 Å². The number of piperidine rings is 1. The van der Waals surface area contributed by atoms with E-state index in [0.29, 0.717) is 6.04 Å². The van der Waals surface area contributed by atoms with Gasteiger partial charge in [-0.3, -0.25) is 0 Å². The van der Waals surface area contributed by atoms with Crippen LogP contribution in [-0.4, -0.2) is 37.1 Å². The van der Waals surface area contributed by atoms with E-state index in [1.807, 2.05) is 42.3 Å². The van der Waals surface area contributed by atoms with Gasteiger partial charge >= 0.3 is 6.03 Å². The molecule has 1 aliphatic heterocycles. The van der Waals surface area contributed by atoms with Gasteiger partial charge in [0.1, 0.15) is 0 Å². The molecule has 2 N–H and O–H groups in total. The second kappa shape index (κ2) is 6.14. The summed E-state index contributed by atoms with van der Waals surface area (Å²) in [5.74, 6) is 0. The number of hydrogen-bond donors (Lipinski definition) is 2. The number of carbonyl (C=O) groups is 1. The second-order valence-electron chi connectivity index (χ2n) is 5.51. The van der Waals surface area contributed by atoms with Gasteiger partial charge in [0, 0.05) is 24.5 Å². The van der Waals surface area contributed by atoms with Crippen molar-refractivity contribution in [2.45, 2.75) is 18.9 Å². The van der Waals surface area contributed by atoms with Crippen molar-refractivity contribution >= 4 is 22.5 Å². The van der Waals surface area contributed by atoms with Gasteiger partial charge in [0.2, 0.25) is 0 Å². The maximum Gasteiger partial charge on any atom is 0.321 e. The van der Waals surface area contributed by atoms with Crippen LogP contribution in [0.3, 0.4) is 0 Å². The van der Waals surface area contributed by atoms with Crippen LogP contribution in [0.1, 0.15) is 12.8 Å². The van der Waals surface area contributed by atoms with Crippen molar-refractivity contribution in [1.82, 2.24) is 10.2 Å². The first kappa shape index (κ1) is 13.9. The number of likely N-dealkylation sites (tertiary alicyclic amines) is 1. The second-order valence-corrected chi connectivity index (χ2v) is 5.51. The third-order valence-electron chi connectivity index (χ3n) is 4.22. The largest absolute Gasteiger partial charge is 0.324 e. The van der Waals surface area contributed by atoms with Crippen molar-refractivity contribution < 1.29 is 4.79 Å². The predicted molar refractivity (Wildman–Crippen MR) is 86.6 cm³/mol. The minimum absolute atomic E-state index is 0.000839. The van der Waals surface area contributed by atoms with Crippen LogP contribution in [0.25, 0.3) is 10.8 Å². The summed E-state index contributed by atoms with van der Waals surface area (Å²) < 4.78 is 0. The van der Waals surface area contributed by atoms with Crippen LogP contribution in [0.15, 0.2) is 42.5 Å². The Kier molecular flexibility index (Phi) is 4.06. The van der Waals surface area contributed by atoms with Gasteiger partial charge in [0.15, 0.2) is 0 Å². The van der Waals surface area contributed by atoms with E-state index in [-0.39, 0.29) is 6.03 Å². The Morgan fingerprint density at radius 2 is 1.81 bits per heavy atom. The fraction of sp³-hybridized carbons (Fsp3) is 0.353. The van der Waals surface area contributed by atoms with E-state index in [2.05, 4.69) is 22.8 Å². The Balaban J connectivity index is 1.72. The van der Waals surface area contributed by atoms with Gasteiger partial charge in [-0.05, 0) is 31.3 Å². The van der Waals surface area contributed by atoms with E-state index >= 15 is 0 Å². The summed E-state index contributed by atoms with van der Waals surface area (Å²) in [5, 5.41) is 8.56. The minimum Gasteiger partial charge on any atom is -0.324 e. The third-order valence-corrected chi connectivity index (χ3v) is 4.22. The number of anilines is 1. The lowest BCUT2D eigenvalue weighted by molar-refractivity contribution is 0.190. The van der Waals surface area contributed by atoms with Gasteiger partial charge in [0.25, 0.3) is 0 Å². The molecular formula is C17H21N3O. The molecule has 1 fully saturated rings. The minimum atomic E-state index is 0.000839. The van der Waals surface area contributed by atoms with Crippen molar-refractivity contribution in [2.24, 2.45) is 0 Å². The average Bonchev–Trinajstić information content (AvgIpc) is 2.55. The van der Waals surface area contributed by atoms with Crippen LogP contribution in [0, 0.1) is 0 Å². The molecule has 0 aliphatic carbocycles. The molecule has 0 unspecified atom stereocenters. The Hall–Kier alpha value is -2.07. The number of fused-ring (bicyclic) bond motifs is 1. The average molecular weight is 283 g/mol. The molecule has 0 radical (unpaired) electrons. The van der Waals surface area contributed by atoms with Gasteiger partial charge in [-0.2, -0.15) is 0 Å². The molecule has 1 heterocycles. The van der Waals surface area contributed by atoms with Gasteiger partial charge in [0.05, 0.1) is 5.69 Å². The normalized spacial score (nSPS) is 16.1. The first-order valence-corrected chi connectivity index (χ1v) is 7.49. The zero-order chi connectivity index (χ0) is 14.7. The highest BCUT2D eigenvalue weighted by Crippen LogP contribution is 2.23. The number of rotatable bonds is 2. The summed E-state index contributed by atoms with van der Waals surface area (Å²) >= 11 is 0. The Labute approximate surface area is 125 Å². The SMILES string of the molecule is CNC1CCN(C(=O)Nc2cccc3ccccc23)CC1. The summed E-state index contributed by atoms with van der Waals surface area (Å²) in [6, 6.07) is 14.6. The molecule has 4 heteroatoms. The highest BCUT2D eigenvalue weighted by Gasteiger charge is 2.21. The fourth-order valence-corrected chi connectivity index (χ4v) is 2.90. The van der Waals surface area contributed by atoms with Crippen molar-refractivity contribution in [1.29, 1.82) is 0 Å². The third kappa shape index (κ3) is 3.00. The lowest BCUT2D eigenvalue weighted by Gasteiger charge is -2.31. The van der Waals surface area contributed by atoms with Crippen LogP contribution >= 0.6 is 0 Å². The molecule has 110 valence electrons. The number of carbonyl (C=O) groups excluding carboxylic acids is 1. The van der Waals surface area contributed by atoms with Gasteiger partial charge in [-0.25, -0.2) is 4.79 Å². The molecular weight excluding hydrogens is 262 g/mol. The quantitative estimate of drug-likeness (QED) is 0.889. The molecule has 2 amide bonds. The lowest BCUT2D eigenvalue weighted by Crippen LogP contribution is -2.45. The zero-order valence-electron chi connectivity index (χ0n) is 12.3. The number of nitrogens with one attached hydrogen (secondary N) is 2. The maximum atomic E-state index is 12.4. The number of benzene rings is 2. The molecule has 2 aromatic carbocycles. The van der Waals surface area contributed by atoms with Crippen LogP contribution < -0.4 is 10.6 Å². The zero-order valence-corrected chi connectivity index (χ0v) is 12.3. The highest BCUT2D eigenvalue weighted by atomic mass is 16.2. The maximum absolute atomic E-state index is 12.4. The monoisotopic (exact) mass is 283 g/mol. The summed E-state index contributed by atoms with van der Waals surface area (Å²) in [4.78, 5) is 14.3. The molecule has 0 atom stereocenters. The first-order valence-electron chi connectivity index (χ1n) is 7.49. The molecule has 2 aromatic rings. The molecule has 1 saturated heterocycles. The topological polar surface area (TPSA) is 44.4 Å². The van der Waals surface area contributed by atoms with E-state index in [4.69, 9.17) is 0 Å². The Morgan fingerprint density at radius 3 is 2.57 bits per heavy atom. The van der Waals surface area contributed by atoms with Crippen LogP contribution in [0.2, 0.25) is 0 Å². The number of urea groups is 1. The van der Waals surface area contributed by atoms with Crippen molar-refractivity contribution in [3.05, 3.63) is 42.5 Å². The Bertz CT molecular complexity index is 627. The first-order chi connectivity index (χ1) is 10.3. The van der Waals surface area contributed by atoms with Crippen LogP contribution in [-0.2, 0) is 0 Å². The summed E-state index contributed by atoms with van der Waals surface area (Å²) in [7, 11) is 1.98. The van der Waals surface area contributed by atoms with Gasteiger partial charge in [-0.15, -0.1) is 0 Å². The fourth-order valence-electron chi connectivity index (χ4n) is 2.90. The Morgan fingerprint density at radius 1 is 1.10 bits per heavy atom. The van der Waals surface area contributed by atoms with E-state index in [9.17, 15) is 4.79 Å². The molecule has 0 aromatic heterocycles. The number of hydrogen-bond acceptors (Lipinski definition) is 2. The summed E-state index contributed by atoms with van der Waals surface area (Å²) in [6.07, 6.45) is 2.03. The molecule has 0 saturated carbocycles. The molecule has 4 nitrogen and oxygen atoms in total. The lowest BCUT2D eigenvalue weighted by atomic mass is 10.1. The van der Waals surface area contributed by atoms with E-state index in [1.165, 1.54) is 0 Å². The molecule has 0 spiro atoms. The van der Waals surface area contributed by atoms with Crippen LogP contribution in [0.5, 0.6) is 0 Å². The molecule has 21 heavy (non-hydrogen) atoms. The van der Waals surface area contributed by atoms with E-state index in [1.54, 1.807) is 0 Å². The predicted octanol–water partition coefficient (Wildman–Crippen LogP) is 3.06. The van der Waals surface area contributed by atoms with Gasteiger partial charge in [-0.1, -0.05) is 36.4 Å². The molecule has 3 rings (SSSR count). The molecule has 0 bridgehead atoms. The van der Waals surface area contributed by atoms with Crippen molar-refractivity contribution in [3.8, 4) is 0 Å². The standard InChI is InChI=1S/C17H21N3O/c1-18-14-9-11-20(12-10-14)17(21)19-16-8-4-6-13-5-2-3-7-15(13)16/h2-8,14,18H,9-12H2,1H3,(H,19,21). The molecule has 1 aliphatic rings. The smallest absolute Gasteiger partial charge is 0.321 e. The van der Waals surface area contributed by atoms with Crippen molar-refractivity contribution in [2.75, 3.05) is 25.5 Å². The summed E-state index contributed by atoms with van der Waals surface area (Å²) in [6.45, 7) is 1.62. The highest BCUT2D eigenvalue weighted by molar-refractivity contribution is 6.01. The summed E-state index contributed by atoms with van der Waals surface area (Å²) in [5.41, 5.74) is 0.883. The van der Waals surface area contributed by atoms with E-state index in [0.717, 1.165) is 42.4 Å².